The Morgan fingerprint density at radius 3 is 2.77 bits per heavy atom. The lowest BCUT2D eigenvalue weighted by Gasteiger charge is -2.39. The van der Waals surface area contributed by atoms with Gasteiger partial charge in [0, 0.05) is 18.1 Å². The fraction of sp³-hybridized carbons (Fsp3) is 0.667. The fourth-order valence-electron chi connectivity index (χ4n) is 5.25. The van der Waals surface area contributed by atoms with Gasteiger partial charge in [-0.05, 0) is 100 Å². The second kappa shape index (κ2) is 13.0. The number of ether oxygens (including phenoxy) is 1. The summed E-state index contributed by atoms with van der Waals surface area (Å²) in [5, 5.41) is 4.71. The molecule has 1 aromatic carbocycles. The Labute approximate surface area is 189 Å². The molecule has 0 radical (unpaired) electrons. The van der Waals surface area contributed by atoms with Crippen LogP contribution in [0.2, 0.25) is 0 Å². The summed E-state index contributed by atoms with van der Waals surface area (Å²) in [7, 11) is 3.84. The summed E-state index contributed by atoms with van der Waals surface area (Å²) in [5.41, 5.74) is 2.47. The van der Waals surface area contributed by atoms with E-state index in [4.69, 9.17) is 4.74 Å². The number of hydrogen-bond donors (Lipinski definition) is 1. The second-order valence-electron chi connectivity index (χ2n) is 9.33. The topological polar surface area (TPSA) is 37.4 Å². The lowest BCUT2D eigenvalue weighted by molar-refractivity contribution is 0.110. The van der Waals surface area contributed by atoms with E-state index in [0.717, 1.165) is 36.1 Å². The van der Waals surface area contributed by atoms with Crippen LogP contribution in [0.5, 0.6) is 5.75 Å². The van der Waals surface area contributed by atoms with Crippen LogP contribution >= 0.6 is 0 Å². The highest BCUT2D eigenvalue weighted by Crippen LogP contribution is 2.29. The van der Waals surface area contributed by atoms with Gasteiger partial charge in [-0.15, -0.1) is 0 Å². The van der Waals surface area contributed by atoms with Gasteiger partial charge in [0.15, 0.2) is 0 Å². The van der Waals surface area contributed by atoms with Gasteiger partial charge in [-0.25, -0.2) is 0 Å². The third-order valence-electron chi connectivity index (χ3n) is 7.08. The number of nitrogens with zero attached hydrogens (tertiary/aromatic N) is 2. The Morgan fingerprint density at radius 2 is 1.97 bits per heavy atom. The predicted octanol–water partition coefficient (Wildman–Crippen LogP) is 5.69. The first kappa shape index (κ1) is 24.0. The molecule has 0 bridgehead atoms. The Morgan fingerprint density at radius 1 is 1.10 bits per heavy atom. The lowest BCUT2D eigenvalue weighted by atomic mass is 9.81. The third kappa shape index (κ3) is 7.18. The molecule has 0 spiro atoms. The van der Waals surface area contributed by atoms with Gasteiger partial charge in [0.1, 0.15) is 5.75 Å². The maximum atomic E-state index is 5.44. The van der Waals surface area contributed by atoms with Crippen LogP contribution in [0, 0.1) is 11.8 Å². The van der Waals surface area contributed by atoms with Crippen LogP contribution in [0.3, 0.4) is 0 Å². The molecule has 2 aromatic rings. The zero-order chi connectivity index (χ0) is 21.9. The van der Waals surface area contributed by atoms with Crippen molar-refractivity contribution in [3.63, 3.8) is 0 Å². The van der Waals surface area contributed by atoms with E-state index in [1.54, 1.807) is 7.11 Å². The first-order valence-corrected chi connectivity index (χ1v) is 12.5. The summed E-state index contributed by atoms with van der Waals surface area (Å²) in [4.78, 5) is 7.26. The number of hydrogen-bond acceptors (Lipinski definition) is 4. The van der Waals surface area contributed by atoms with E-state index in [1.807, 2.05) is 12.3 Å². The maximum Gasteiger partial charge on any atom is 0.119 e. The number of benzene rings is 1. The minimum Gasteiger partial charge on any atom is -0.497 e. The quantitative estimate of drug-likeness (QED) is 0.418. The smallest absolute Gasteiger partial charge is 0.119 e. The van der Waals surface area contributed by atoms with Gasteiger partial charge in [-0.3, -0.25) is 4.98 Å². The predicted molar refractivity (Wildman–Crippen MR) is 132 cm³/mol. The molecule has 1 saturated heterocycles. The highest BCUT2D eigenvalue weighted by molar-refractivity contribution is 5.83. The van der Waals surface area contributed by atoms with Gasteiger partial charge >= 0.3 is 0 Å². The van der Waals surface area contributed by atoms with Crippen molar-refractivity contribution in [3.05, 3.63) is 36.0 Å². The summed E-state index contributed by atoms with van der Waals surface area (Å²) in [5.74, 6) is 2.54. The molecule has 1 N–H and O–H groups in total. The molecule has 172 valence electrons. The molecule has 0 unspecified atom stereocenters. The van der Waals surface area contributed by atoms with Crippen molar-refractivity contribution in [3.8, 4) is 5.75 Å². The van der Waals surface area contributed by atoms with Crippen LogP contribution in [-0.4, -0.2) is 50.2 Å². The molecule has 2 atom stereocenters. The number of pyridine rings is 1. The van der Waals surface area contributed by atoms with Gasteiger partial charge in [-0.2, -0.15) is 0 Å². The first-order chi connectivity index (χ1) is 15.2. The number of aryl methyl sites for hydroxylation is 1. The highest BCUT2D eigenvalue weighted by Gasteiger charge is 2.28. The molecule has 4 nitrogen and oxygen atoms in total. The number of unbranched alkanes of at least 4 members (excludes halogenated alkanes) is 4. The zero-order valence-corrected chi connectivity index (χ0v) is 20.0. The number of fused-ring (bicyclic) bond motifs is 1. The van der Waals surface area contributed by atoms with Crippen molar-refractivity contribution in [2.24, 2.45) is 11.8 Å². The number of rotatable bonds is 13. The summed E-state index contributed by atoms with van der Waals surface area (Å²) < 4.78 is 5.44. The largest absolute Gasteiger partial charge is 0.497 e. The van der Waals surface area contributed by atoms with Crippen LogP contribution in [0.25, 0.3) is 10.9 Å². The minimum absolute atomic E-state index is 0.781. The van der Waals surface area contributed by atoms with E-state index in [9.17, 15) is 0 Å². The average Bonchev–Trinajstić information content (AvgIpc) is 2.80. The molecule has 1 aliphatic rings. The van der Waals surface area contributed by atoms with E-state index < -0.39 is 0 Å². The van der Waals surface area contributed by atoms with Gasteiger partial charge in [0.2, 0.25) is 0 Å². The van der Waals surface area contributed by atoms with Crippen molar-refractivity contribution in [1.82, 2.24) is 15.2 Å². The number of aromatic nitrogens is 1. The Bertz CT molecular complexity index is 778. The molecule has 31 heavy (non-hydrogen) atoms. The van der Waals surface area contributed by atoms with Crippen LogP contribution < -0.4 is 10.1 Å². The van der Waals surface area contributed by atoms with Gasteiger partial charge < -0.3 is 15.0 Å². The van der Waals surface area contributed by atoms with E-state index in [0.29, 0.717) is 0 Å². The average molecular weight is 426 g/mol. The Balaban J connectivity index is 1.50. The molecular weight excluding hydrogens is 382 g/mol. The van der Waals surface area contributed by atoms with Crippen molar-refractivity contribution in [1.29, 1.82) is 0 Å². The van der Waals surface area contributed by atoms with Crippen LogP contribution in [0.15, 0.2) is 30.5 Å². The summed E-state index contributed by atoms with van der Waals surface area (Å²) in [6.45, 7) is 7.29. The Kier molecular flexibility index (Phi) is 10.1. The minimum atomic E-state index is 0.781. The van der Waals surface area contributed by atoms with E-state index in [1.165, 1.54) is 82.0 Å². The van der Waals surface area contributed by atoms with Gasteiger partial charge in [0.05, 0.1) is 12.6 Å². The van der Waals surface area contributed by atoms with Crippen molar-refractivity contribution < 1.29 is 4.74 Å². The molecule has 1 aromatic heterocycles. The normalized spacial score (nSPS) is 19.7. The molecule has 1 aliphatic heterocycles. The van der Waals surface area contributed by atoms with Gasteiger partial charge in [0.25, 0.3) is 0 Å². The molecule has 0 aliphatic carbocycles. The van der Waals surface area contributed by atoms with Crippen molar-refractivity contribution in [2.45, 2.75) is 64.7 Å². The van der Waals surface area contributed by atoms with E-state index in [2.05, 4.69) is 47.4 Å². The standard InChI is InChI=1S/C27H43N3O/c1-4-5-6-7-8-17-30-18-15-22(24(21-30)20-28-2)10-9-11-23-14-16-29-27-13-12-25(31-3)19-26(23)27/h12-14,16,19,22,24,28H,4-11,15,17-18,20-21H2,1-3H3/t22-,24+/m1/s1. The number of likely N-dealkylation sites (tertiary alicyclic amines) is 1. The van der Waals surface area contributed by atoms with Crippen LogP contribution in [-0.2, 0) is 6.42 Å². The molecule has 3 rings (SSSR count). The molecule has 0 saturated carbocycles. The molecule has 2 heterocycles. The van der Waals surface area contributed by atoms with Crippen LogP contribution in [0.1, 0.15) is 63.9 Å². The second-order valence-corrected chi connectivity index (χ2v) is 9.33. The maximum absolute atomic E-state index is 5.44. The summed E-state index contributed by atoms with van der Waals surface area (Å²) in [6.07, 6.45) is 13.9. The number of piperidine rings is 1. The lowest BCUT2D eigenvalue weighted by Crippen LogP contribution is -2.44. The van der Waals surface area contributed by atoms with E-state index >= 15 is 0 Å². The number of nitrogens with one attached hydrogen (secondary N) is 1. The molecular formula is C27H43N3O. The molecule has 0 amide bonds. The highest BCUT2D eigenvalue weighted by atomic mass is 16.5. The molecule has 4 heteroatoms. The monoisotopic (exact) mass is 425 g/mol. The number of methoxy groups -OCH3 is 1. The van der Waals surface area contributed by atoms with Crippen molar-refractivity contribution >= 4 is 10.9 Å². The zero-order valence-electron chi connectivity index (χ0n) is 20.0. The SMILES string of the molecule is CCCCCCCN1CC[C@@H](CCCc2ccnc3ccc(OC)cc23)[C@@H](CNC)C1. The van der Waals surface area contributed by atoms with Gasteiger partial charge in [-0.1, -0.05) is 32.6 Å². The summed E-state index contributed by atoms with van der Waals surface area (Å²) >= 11 is 0. The fourth-order valence-corrected chi connectivity index (χ4v) is 5.25. The van der Waals surface area contributed by atoms with Crippen LogP contribution in [0.4, 0.5) is 0 Å². The summed E-state index contributed by atoms with van der Waals surface area (Å²) in [6, 6.07) is 8.39. The Hall–Kier alpha value is -1.65. The first-order valence-electron chi connectivity index (χ1n) is 12.5. The van der Waals surface area contributed by atoms with Crippen molar-refractivity contribution in [2.75, 3.05) is 40.3 Å². The van der Waals surface area contributed by atoms with E-state index in [-0.39, 0.29) is 0 Å². The third-order valence-corrected chi connectivity index (χ3v) is 7.08. The molecule has 1 fully saturated rings.